The van der Waals surface area contributed by atoms with Gasteiger partial charge in [0.1, 0.15) is 29.2 Å². The molecule has 0 spiro atoms. The van der Waals surface area contributed by atoms with Crippen molar-refractivity contribution in [2.24, 2.45) is 12.8 Å². The molecule has 0 aliphatic carbocycles. The Morgan fingerprint density at radius 3 is 2.37 bits per heavy atom. The highest BCUT2D eigenvalue weighted by Crippen LogP contribution is 2.25. The minimum atomic E-state index is -0.929. The summed E-state index contributed by atoms with van der Waals surface area (Å²) in [7, 11) is 1.81. The molecule has 1 atom stereocenters. The summed E-state index contributed by atoms with van der Waals surface area (Å²) in [6.45, 7) is 0. The Labute approximate surface area is 200 Å². The third-order valence-electron chi connectivity index (χ3n) is 5.01. The largest absolute Gasteiger partial charge is 0.457 e. The van der Waals surface area contributed by atoms with Crippen LogP contribution >= 0.6 is 0 Å². The fraction of sp³-hybridized carbons (Fsp3) is 0.120. The van der Waals surface area contributed by atoms with Crippen molar-refractivity contribution in [3.8, 4) is 22.8 Å². The number of hydrogen-bond acceptors (Lipinski definition) is 5. The molecule has 1 unspecified atom stereocenters. The zero-order valence-electron chi connectivity index (χ0n) is 18.8. The molecule has 0 fully saturated rings. The fourth-order valence-corrected chi connectivity index (χ4v) is 3.31. The first kappa shape index (κ1) is 23.4. The molecule has 0 radical (unpaired) electrons. The molecule has 10 heteroatoms. The Hall–Kier alpha value is -4.73. The van der Waals surface area contributed by atoms with Gasteiger partial charge in [0, 0.05) is 25.2 Å². The van der Waals surface area contributed by atoms with Gasteiger partial charge in [-0.05, 0) is 60.7 Å². The number of ether oxygens (including phenoxy) is 1. The maximum Gasteiger partial charge on any atom is 0.321 e. The summed E-state index contributed by atoms with van der Waals surface area (Å²) >= 11 is 0. The van der Waals surface area contributed by atoms with E-state index in [1.165, 1.54) is 12.1 Å². The van der Waals surface area contributed by atoms with Crippen LogP contribution in [0.2, 0.25) is 0 Å². The number of pyridine rings is 1. The van der Waals surface area contributed by atoms with E-state index in [2.05, 4.69) is 20.6 Å². The van der Waals surface area contributed by atoms with Crippen LogP contribution < -0.4 is 21.1 Å². The number of aromatic nitrogens is 3. The van der Waals surface area contributed by atoms with Crippen molar-refractivity contribution in [2.45, 2.75) is 12.5 Å². The van der Waals surface area contributed by atoms with Gasteiger partial charge in [0.2, 0.25) is 5.91 Å². The van der Waals surface area contributed by atoms with Gasteiger partial charge in [-0.1, -0.05) is 6.07 Å². The van der Waals surface area contributed by atoms with E-state index in [0.29, 0.717) is 28.7 Å². The summed E-state index contributed by atoms with van der Waals surface area (Å²) < 4.78 is 20.5. The molecule has 0 aliphatic heterocycles. The highest BCUT2D eigenvalue weighted by molar-refractivity contribution is 5.93. The molecule has 35 heavy (non-hydrogen) atoms. The van der Waals surface area contributed by atoms with Gasteiger partial charge in [-0.3, -0.25) is 10.1 Å². The number of halogens is 1. The third kappa shape index (κ3) is 6.41. The standard InChI is InChI=1S/C25H23FN6O3/c1-32-14-18(28-15-32)13-22(24(27)33)30-25(34)31-23-4-2-3-21(29-23)16-5-9-19(10-6-16)35-20-11-7-17(26)8-12-20/h2-12,14-15,22H,13H2,1H3,(H2,27,33)(H2,29,30,31,34). The second-order valence-electron chi connectivity index (χ2n) is 7.78. The first-order valence-electron chi connectivity index (χ1n) is 10.7. The number of carbonyl (C=O) groups excluding carboxylic acids is 2. The summed E-state index contributed by atoms with van der Waals surface area (Å²) in [6.07, 6.45) is 3.52. The number of nitrogens with one attached hydrogen (secondary N) is 2. The normalized spacial score (nSPS) is 11.5. The quantitative estimate of drug-likeness (QED) is 0.360. The lowest BCUT2D eigenvalue weighted by Crippen LogP contribution is -2.47. The number of rotatable bonds is 8. The van der Waals surface area contributed by atoms with Crippen molar-refractivity contribution >= 4 is 17.8 Å². The Kier molecular flexibility index (Phi) is 7.01. The number of aryl methyl sites for hydroxylation is 1. The Balaban J connectivity index is 1.39. The monoisotopic (exact) mass is 474 g/mol. The number of carbonyl (C=O) groups is 2. The first-order valence-corrected chi connectivity index (χ1v) is 10.7. The fourth-order valence-electron chi connectivity index (χ4n) is 3.31. The number of hydrogen-bond donors (Lipinski definition) is 3. The van der Waals surface area contributed by atoms with Crippen LogP contribution in [0.1, 0.15) is 5.69 Å². The van der Waals surface area contributed by atoms with Crippen molar-refractivity contribution in [3.05, 3.63) is 90.8 Å². The summed E-state index contributed by atoms with van der Waals surface area (Å²) in [5.41, 5.74) is 7.49. The Morgan fingerprint density at radius 1 is 1.06 bits per heavy atom. The summed E-state index contributed by atoms with van der Waals surface area (Å²) in [5.74, 6) is 0.397. The van der Waals surface area contributed by atoms with Crippen LogP contribution in [0.5, 0.6) is 11.5 Å². The van der Waals surface area contributed by atoms with Crippen molar-refractivity contribution in [1.29, 1.82) is 0 Å². The number of nitrogens with two attached hydrogens (primary N) is 1. The molecule has 4 rings (SSSR count). The predicted octanol–water partition coefficient (Wildman–Crippen LogP) is 3.63. The van der Waals surface area contributed by atoms with Crippen molar-refractivity contribution in [1.82, 2.24) is 19.9 Å². The van der Waals surface area contributed by atoms with Crippen LogP contribution in [-0.2, 0) is 18.3 Å². The highest BCUT2D eigenvalue weighted by atomic mass is 19.1. The van der Waals surface area contributed by atoms with Gasteiger partial charge in [-0.25, -0.2) is 19.2 Å². The van der Waals surface area contributed by atoms with Gasteiger partial charge in [0.15, 0.2) is 0 Å². The summed E-state index contributed by atoms with van der Waals surface area (Å²) in [5, 5.41) is 5.19. The summed E-state index contributed by atoms with van der Waals surface area (Å²) in [6, 6.07) is 16.6. The Bertz CT molecular complexity index is 1320. The second kappa shape index (κ2) is 10.5. The summed E-state index contributed by atoms with van der Waals surface area (Å²) in [4.78, 5) is 32.9. The zero-order chi connectivity index (χ0) is 24.8. The van der Waals surface area contributed by atoms with E-state index >= 15 is 0 Å². The van der Waals surface area contributed by atoms with Crippen molar-refractivity contribution < 1.29 is 18.7 Å². The van der Waals surface area contributed by atoms with Crippen LogP contribution in [0, 0.1) is 5.82 Å². The Morgan fingerprint density at radius 2 is 1.74 bits per heavy atom. The van der Waals surface area contributed by atoms with E-state index in [-0.39, 0.29) is 12.2 Å². The zero-order valence-corrected chi connectivity index (χ0v) is 18.8. The molecular formula is C25H23FN6O3. The molecule has 4 N–H and O–H groups in total. The molecule has 2 aromatic carbocycles. The number of primary amides is 1. The van der Waals surface area contributed by atoms with E-state index in [4.69, 9.17) is 10.5 Å². The molecule has 0 saturated carbocycles. The third-order valence-corrected chi connectivity index (χ3v) is 5.01. The number of imidazole rings is 1. The van der Waals surface area contributed by atoms with Gasteiger partial charge in [-0.15, -0.1) is 0 Å². The van der Waals surface area contributed by atoms with Crippen molar-refractivity contribution in [2.75, 3.05) is 5.32 Å². The molecule has 9 nitrogen and oxygen atoms in total. The van der Waals surface area contributed by atoms with Crippen LogP contribution in [0.4, 0.5) is 15.0 Å². The molecular weight excluding hydrogens is 451 g/mol. The molecule has 0 bridgehead atoms. The number of urea groups is 1. The van der Waals surface area contributed by atoms with Crippen LogP contribution in [-0.4, -0.2) is 32.5 Å². The molecule has 0 aliphatic rings. The highest BCUT2D eigenvalue weighted by Gasteiger charge is 2.20. The van der Waals surface area contributed by atoms with Gasteiger partial charge in [0.25, 0.3) is 0 Å². The van der Waals surface area contributed by atoms with Gasteiger partial charge >= 0.3 is 6.03 Å². The maximum atomic E-state index is 13.0. The molecule has 4 aromatic rings. The van der Waals surface area contributed by atoms with Gasteiger partial charge in [0.05, 0.1) is 17.7 Å². The molecule has 178 valence electrons. The number of benzene rings is 2. The van der Waals surface area contributed by atoms with Crippen LogP contribution in [0.25, 0.3) is 11.3 Å². The average molecular weight is 474 g/mol. The van der Waals surface area contributed by atoms with E-state index in [0.717, 1.165) is 5.56 Å². The first-order chi connectivity index (χ1) is 16.9. The van der Waals surface area contributed by atoms with Crippen LogP contribution in [0.3, 0.4) is 0 Å². The van der Waals surface area contributed by atoms with E-state index in [9.17, 15) is 14.0 Å². The second-order valence-corrected chi connectivity index (χ2v) is 7.78. The van der Waals surface area contributed by atoms with E-state index < -0.39 is 18.0 Å². The van der Waals surface area contributed by atoms with E-state index in [1.807, 2.05) is 12.1 Å². The minimum Gasteiger partial charge on any atom is -0.457 e. The average Bonchev–Trinajstić information content (AvgIpc) is 3.25. The van der Waals surface area contributed by atoms with E-state index in [1.54, 1.807) is 66.6 Å². The molecule has 2 aromatic heterocycles. The number of amides is 3. The van der Waals surface area contributed by atoms with Crippen LogP contribution in [0.15, 0.2) is 79.3 Å². The maximum absolute atomic E-state index is 13.0. The molecule has 2 heterocycles. The molecule has 3 amide bonds. The van der Waals surface area contributed by atoms with Crippen molar-refractivity contribution in [3.63, 3.8) is 0 Å². The van der Waals surface area contributed by atoms with Gasteiger partial charge < -0.3 is 20.4 Å². The lowest BCUT2D eigenvalue weighted by atomic mass is 10.1. The number of anilines is 1. The SMILES string of the molecule is Cn1cnc(CC(NC(=O)Nc2cccc(-c3ccc(Oc4ccc(F)cc4)cc3)n2)C(N)=O)c1. The van der Waals surface area contributed by atoms with Gasteiger partial charge in [-0.2, -0.15) is 0 Å². The molecule has 0 saturated heterocycles. The number of nitrogens with zero attached hydrogens (tertiary/aromatic N) is 3. The topological polar surface area (TPSA) is 124 Å². The lowest BCUT2D eigenvalue weighted by Gasteiger charge is -2.15. The smallest absolute Gasteiger partial charge is 0.321 e. The predicted molar refractivity (Wildman–Crippen MR) is 128 cm³/mol. The minimum absolute atomic E-state index is 0.170. The lowest BCUT2D eigenvalue weighted by molar-refractivity contribution is -0.119.